The highest BCUT2D eigenvalue weighted by Gasteiger charge is 2.19. The van der Waals surface area contributed by atoms with Gasteiger partial charge in [0.15, 0.2) is 0 Å². The monoisotopic (exact) mass is 391 g/mol. The van der Waals surface area contributed by atoms with Crippen molar-refractivity contribution in [3.05, 3.63) is 53.8 Å². The summed E-state index contributed by atoms with van der Waals surface area (Å²) in [6.45, 7) is 3.77. The van der Waals surface area contributed by atoms with E-state index in [-0.39, 0.29) is 5.82 Å². The van der Waals surface area contributed by atoms with Crippen molar-refractivity contribution in [3.8, 4) is 0 Å². The standard InChI is InChI=1S/C13H12Br2FNS/c1-6-3-7(2)11(9(16)4-6)12(17)10-5-8(14)13(15)18-10/h3-5,12H,17H2,1-2H3. The summed E-state index contributed by atoms with van der Waals surface area (Å²) in [5, 5.41) is 0. The number of thiophene rings is 1. The molecule has 1 heterocycles. The van der Waals surface area contributed by atoms with Crippen LogP contribution in [0.3, 0.4) is 0 Å². The zero-order chi connectivity index (χ0) is 13.4. The van der Waals surface area contributed by atoms with Crippen molar-refractivity contribution in [2.75, 3.05) is 0 Å². The predicted octanol–water partition coefficient (Wildman–Crippen LogP) is 5.08. The van der Waals surface area contributed by atoms with Gasteiger partial charge in [-0.3, -0.25) is 0 Å². The van der Waals surface area contributed by atoms with Gasteiger partial charge in [0.25, 0.3) is 0 Å². The van der Waals surface area contributed by atoms with Gasteiger partial charge in [-0.15, -0.1) is 11.3 Å². The average molecular weight is 393 g/mol. The molecular formula is C13H12Br2FNS. The van der Waals surface area contributed by atoms with Gasteiger partial charge in [0.1, 0.15) is 5.82 Å². The van der Waals surface area contributed by atoms with Gasteiger partial charge in [-0.05, 0) is 69.0 Å². The molecule has 0 radical (unpaired) electrons. The molecule has 2 N–H and O–H groups in total. The Labute approximate surface area is 126 Å². The minimum Gasteiger partial charge on any atom is -0.320 e. The zero-order valence-corrected chi connectivity index (χ0v) is 13.9. The van der Waals surface area contributed by atoms with Crippen LogP contribution in [0.15, 0.2) is 26.5 Å². The van der Waals surface area contributed by atoms with Crippen LogP contribution in [0, 0.1) is 19.7 Å². The Balaban J connectivity index is 2.49. The maximum atomic E-state index is 14.1. The summed E-state index contributed by atoms with van der Waals surface area (Å²) in [4.78, 5) is 0.930. The second-order valence-electron chi connectivity index (χ2n) is 4.23. The first-order valence-electron chi connectivity index (χ1n) is 5.37. The first kappa shape index (κ1) is 14.2. The summed E-state index contributed by atoms with van der Waals surface area (Å²) in [5.74, 6) is -0.236. The van der Waals surface area contributed by atoms with E-state index in [1.807, 2.05) is 26.0 Å². The third-order valence-corrected chi connectivity index (χ3v) is 6.10. The second kappa shape index (κ2) is 5.41. The van der Waals surface area contributed by atoms with Gasteiger partial charge < -0.3 is 5.73 Å². The minimum atomic E-state index is -0.432. The quantitative estimate of drug-likeness (QED) is 0.757. The average Bonchev–Trinajstić information content (AvgIpc) is 2.57. The lowest BCUT2D eigenvalue weighted by molar-refractivity contribution is 0.597. The van der Waals surface area contributed by atoms with Gasteiger partial charge in [-0.25, -0.2) is 4.39 Å². The molecule has 2 aromatic rings. The van der Waals surface area contributed by atoms with E-state index in [9.17, 15) is 4.39 Å². The summed E-state index contributed by atoms with van der Waals surface area (Å²) in [5.41, 5.74) is 8.55. The maximum Gasteiger partial charge on any atom is 0.128 e. The molecule has 0 aliphatic heterocycles. The zero-order valence-electron chi connectivity index (χ0n) is 9.93. The van der Waals surface area contributed by atoms with Crippen molar-refractivity contribution in [2.24, 2.45) is 5.73 Å². The van der Waals surface area contributed by atoms with Crippen LogP contribution in [0.25, 0.3) is 0 Å². The van der Waals surface area contributed by atoms with Crippen LogP contribution in [-0.4, -0.2) is 0 Å². The molecule has 1 atom stereocenters. The number of aryl methyl sites for hydroxylation is 2. The molecule has 0 amide bonds. The molecule has 0 saturated heterocycles. The number of halogens is 3. The topological polar surface area (TPSA) is 26.0 Å². The van der Waals surface area contributed by atoms with E-state index in [1.165, 1.54) is 17.4 Å². The molecule has 2 rings (SSSR count). The highest BCUT2D eigenvalue weighted by Crippen LogP contribution is 2.38. The van der Waals surface area contributed by atoms with Gasteiger partial charge in [0.2, 0.25) is 0 Å². The normalized spacial score (nSPS) is 12.8. The second-order valence-corrected chi connectivity index (χ2v) is 7.48. The fourth-order valence-electron chi connectivity index (χ4n) is 1.98. The molecule has 1 nitrogen and oxygen atoms in total. The summed E-state index contributed by atoms with van der Waals surface area (Å²) in [6, 6.07) is 4.98. The number of rotatable bonds is 2. The molecule has 1 unspecified atom stereocenters. The highest BCUT2D eigenvalue weighted by molar-refractivity contribution is 9.13. The number of nitrogens with two attached hydrogens (primary N) is 1. The van der Waals surface area contributed by atoms with Crippen molar-refractivity contribution in [1.82, 2.24) is 0 Å². The molecule has 18 heavy (non-hydrogen) atoms. The van der Waals surface area contributed by atoms with Gasteiger partial charge >= 0.3 is 0 Å². The first-order valence-corrected chi connectivity index (χ1v) is 7.77. The van der Waals surface area contributed by atoms with Crippen molar-refractivity contribution < 1.29 is 4.39 Å². The van der Waals surface area contributed by atoms with Gasteiger partial charge in [-0.1, -0.05) is 6.07 Å². The molecule has 0 aliphatic rings. The lowest BCUT2D eigenvalue weighted by atomic mass is 9.98. The van der Waals surface area contributed by atoms with Crippen LogP contribution in [0.2, 0.25) is 0 Å². The maximum absolute atomic E-state index is 14.1. The van der Waals surface area contributed by atoms with Crippen LogP contribution >= 0.6 is 43.2 Å². The molecule has 0 fully saturated rings. The molecule has 0 spiro atoms. The van der Waals surface area contributed by atoms with E-state index in [4.69, 9.17) is 5.73 Å². The summed E-state index contributed by atoms with van der Waals surface area (Å²) < 4.78 is 16.0. The summed E-state index contributed by atoms with van der Waals surface area (Å²) in [6.07, 6.45) is 0. The molecule has 1 aromatic heterocycles. The molecule has 0 saturated carbocycles. The van der Waals surface area contributed by atoms with Crippen LogP contribution in [0.1, 0.15) is 27.6 Å². The van der Waals surface area contributed by atoms with Crippen molar-refractivity contribution >= 4 is 43.2 Å². The van der Waals surface area contributed by atoms with E-state index in [0.29, 0.717) is 5.56 Å². The van der Waals surface area contributed by atoms with E-state index in [2.05, 4.69) is 31.9 Å². The molecule has 96 valence electrons. The van der Waals surface area contributed by atoms with Gasteiger partial charge in [-0.2, -0.15) is 0 Å². The summed E-state index contributed by atoms with van der Waals surface area (Å²) in [7, 11) is 0. The lowest BCUT2D eigenvalue weighted by Crippen LogP contribution is -2.14. The van der Waals surface area contributed by atoms with E-state index in [1.54, 1.807) is 0 Å². The Bertz CT molecular complexity index is 552. The third kappa shape index (κ3) is 2.69. The Hall–Kier alpha value is -0.230. The first-order chi connectivity index (χ1) is 8.40. The number of benzene rings is 1. The Kier molecular flexibility index (Phi) is 4.26. The van der Waals surface area contributed by atoms with Crippen LogP contribution in [0.5, 0.6) is 0 Å². The predicted molar refractivity (Wildman–Crippen MR) is 81.6 cm³/mol. The largest absolute Gasteiger partial charge is 0.320 e. The smallest absolute Gasteiger partial charge is 0.128 e. The molecule has 1 aromatic carbocycles. The molecule has 0 aliphatic carbocycles. The van der Waals surface area contributed by atoms with E-state index >= 15 is 0 Å². The van der Waals surface area contributed by atoms with Crippen molar-refractivity contribution in [1.29, 1.82) is 0 Å². The summed E-state index contributed by atoms with van der Waals surface area (Å²) >= 11 is 8.36. The Morgan fingerprint density at radius 1 is 1.22 bits per heavy atom. The van der Waals surface area contributed by atoms with Crippen LogP contribution in [-0.2, 0) is 0 Å². The number of hydrogen-bond donors (Lipinski definition) is 1. The van der Waals surface area contributed by atoms with Crippen molar-refractivity contribution in [3.63, 3.8) is 0 Å². The van der Waals surface area contributed by atoms with Crippen LogP contribution in [0.4, 0.5) is 4.39 Å². The fourth-order valence-corrected chi connectivity index (χ4v) is 4.08. The molecule has 5 heteroatoms. The lowest BCUT2D eigenvalue weighted by Gasteiger charge is -2.15. The highest BCUT2D eigenvalue weighted by atomic mass is 79.9. The third-order valence-electron chi connectivity index (χ3n) is 2.76. The van der Waals surface area contributed by atoms with Gasteiger partial charge in [0.05, 0.1) is 9.83 Å². The van der Waals surface area contributed by atoms with Gasteiger partial charge in [0, 0.05) is 14.9 Å². The Morgan fingerprint density at radius 3 is 2.39 bits per heavy atom. The molecule has 0 bridgehead atoms. The Morgan fingerprint density at radius 2 is 1.89 bits per heavy atom. The van der Waals surface area contributed by atoms with E-state index < -0.39 is 6.04 Å². The SMILES string of the molecule is Cc1cc(C)c(C(N)c2cc(Br)c(Br)s2)c(F)c1. The fraction of sp³-hybridized carbons (Fsp3) is 0.231. The van der Waals surface area contributed by atoms with Crippen LogP contribution < -0.4 is 5.73 Å². The number of hydrogen-bond acceptors (Lipinski definition) is 2. The minimum absolute atomic E-state index is 0.236. The van der Waals surface area contributed by atoms with Crippen molar-refractivity contribution in [2.45, 2.75) is 19.9 Å². The van der Waals surface area contributed by atoms with E-state index in [0.717, 1.165) is 24.3 Å². The molecular weight excluding hydrogens is 381 g/mol.